The Bertz CT molecular complexity index is 345. The number of aliphatic carboxylic acids is 1. The highest BCUT2D eigenvalue weighted by Gasteiger charge is 2.40. The van der Waals surface area contributed by atoms with Gasteiger partial charge in [0.25, 0.3) is 0 Å². The van der Waals surface area contributed by atoms with E-state index in [-0.39, 0.29) is 5.92 Å². The molecule has 0 radical (unpaired) electrons. The van der Waals surface area contributed by atoms with Gasteiger partial charge in [0.2, 0.25) is 0 Å². The van der Waals surface area contributed by atoms with Gasteiger partial charge in [0.1, 0.15) is 11.6 Å². The largest absolute Gasteiger partial charge is 0.480 e. The second-order valence-corrected chi connectivity index (χ2v) is 5.61. The molecule has 0 aromatic heterocycles. The monoisotopic (exact) mass is 255 g/mol. The molecular weight excluding hydrogens is 234 g/mol. The van der Waals surface area contributed by atoms with Crippen molar-refractivity contribution in [2.24, 2.45) is 5.92 Å². The average molecular weight is 255 g/mol. The highest BCUT2D eigenvalue weighted by atomic mass is 16.6. The summed E-state index contributed by atoms with van der Waals surface area (Å²) in [7, 11) is 0. The maximum absolute atomic E-state index is 11.9. The van der Waals surface area contributed by atoms with E-state index in [0.717, 1.165) is 0 Å². The predicted octanol–water partition coefficient (Wildman–Crippen LogP) is 2.27. The van der Waals surface area contributed by atoms with Crippen LogP contribution >= 0.6 is 0 Å². The van der Waals surface area contributed by atoms with Crippen LogP contribution in [0.25, 0.3) is 0 Å². The molecule has 1 saturated heterocycles. The van der Waals surface area contributed by atoms with Gasteiger partial charge < -0.3 is 9.84 Å². The van der Waals surface area contributed by atoms with Gasteiger partial charge >= 0.3 is 12.1 Å². The summed E-state index contributed by atoms with van der Waals surface area (Å²) in [5.74, 6) is -0.830. The smallest absolute Gasteiger partial charge is 0.411 e. The molecule has 5 nitrogen and oxygen atoms in total. The Labute approximate surface area is 107 Å². The molecule has 102 valence electrons. The van der Waals surface area contributed by atoms with Crippen LogP contribution in [-0.4, -0.2) is 40.3 Å². The van der Waals surface area contributed by atoms with Gasteiger partial charge in [-0.1, -0.05) is 6.08 Å². The highest BCUT2D eigenvalue weighted by molar-refractivity contribution is 5.81. The summed E-state index contributed by atoms with van der Waals surface area (Å²) in [5, 5.41) is 9.14. The summed E-state index contributed by atoms with van der Waals surface area (Å²) >= 11 is 0. The quantitative estimate of drug-likeness (QED) is 0.786. The van der Waals surface area contributed by atoms with E-state index in [1.54, 1.807) is 26.8 Å². The van der Waals surface area contributed by atoms with Gasteiger partial charge in [0.15, 0.2) is 0 Å². The molecular formula is C13H21NO4. The number of hydrogen-bond acceptors (Lipinski definition) is 3. The average Bonchev–Trinajstić information content (AvgIpc) is 2.59. The van der Waals surface area contributed by atoms with Gasteiger partial charge in [-0.3, -0.25) is 4.90 Å². The molecule has 1 fully saturated rings. The van der Waals surface area contributed by atoms with Crippen LogP contribution in [0.2, 0.25) is 0 Å². The van der Waals surface area contributed by atoms with E-state index < -0.39 is 23.7 Å². The maximum Gasteiger partial charge on any atom is 0.411 e. The second kappa shape index (κ2) is 5.42. The van der Waals surface area contributed by atoms with Crippen LogP contribution < -0.4 is 0 Å². The van der Waals surface area contributed by atoms with E-state index in [0.29, 0.717) is 19.4 Å². The van der Waals surface area contributed by atoms with Crippen molar-refractivity contribution in [3.05, 3.63) is 12.7 Å². The van der Waals surface area contributed by atoms with Gasteiger partial charge in [-0.2, -0.15) is 0 Å². The van der Waals surface area contributed by atoms with E-state index in [2.05, 4.69) is 6.58 Å². The van der Waals surface area contributed by atoms with E-state index in [9.17, 15) is 9.59 Å². The lowest BCUT2D eigenvalue weighted by Gasteiger charge is -2.26. The summed E-state index contributed by atoms with van der Waals surface area (Å²) in [5.41, 5.74) is -0.614. The molecule has 0 spiro atoms. The van der Waals surface area contributed by atoms with Crippen LogP contribution in [0, 0.1) is 5.92 Å². The van der Waals surface area contributed by atoms with Crippen molar-refractivity contribution >= 4 is 12.1 Å². The van der Waals surface area contributed by atoms with Crippen molar-refractivity contribution < 1.29 is 19.4 Å². The van der Waals surface area contributed by atoms with Crippen LogP contribution in [0.15, 0.2) is 12.7 Å². The number of carboxylic acids is 1. The third-order valence-corrected chi connectivity index (χ3v) is 2.80. The Hall–Kier alpha value is -1.52. The molecule has 1 N–H and O–H groups in total. The number of amides is 1. The number of carbonyl (C=O) groups is 2. The minimum absolute atomic E-state index is 0.149. The minimum Gasteiger partial charge on any atom is -0.480 e. The molecule has 0 aromatic carbocycles. The summed E-state index contributed by atoms with van der Waals surface area (Å²) < 4.78 is 5.23. The van der Waals surface area contributed by atoms with Gasteiger partial charge in [0, 0.05) is 6.54 Å². The zero-order valence-corrected chi connectivity index (χ0v) is 11.2. The highest BCUT2D eigenvalue weighted by Crippen LogP contribution is 2.27. The van der Waals surface area contributed by atoms with Crippen LogP contribution in [0.5, 0.6) is 0 Å². The fourth-order valence-electron chi connectivity index (χ4n) is 2.09. The van der Waals surface area contributed by atoms with Crippen LogP contribution in [0.4, 0.5) is 4.79 Å². The molecule has 0 bridgehead atoms. The fraction of sp³-hybridized carbons (Fsp3) is 0.692. The lowest BCUT2D eigenvalue weighted by Crippen LogP contribution is -2.43. The maximum atomic E-state index is 11.9. The molecule has 18 heavy (non-hydrogen) atoms. The van der Waals surface area contributed by atoms with E-state index in [1.165, 1.54) is 4.90 Å². The lowest BCUT2D eigenvalue weighted by atomic mass is 10.0. The van der Waals surface area contributed by atoms with Crippen molar-refractivity contribution in [3.8, 4) is 0 Å². The summed E-state index contributed by atoms with van der Waals surface area (Å²) in [6, 6.07) is -0.787. The molecule has 2 atom stereocenters. The first-order valence-corrected chi connectivity index (χ1v) is 6.08. The Morgan fingerprint density at radius 1 is 1.50 bits per heavy atom. The number of likely N-dealkylation sites (tertiary alicyclic amines) is 1. The molecule has 1 rings (SSSR count). The topological polar surface area (TPSA) is 66.8 Å². The van der Waals surface area contributed by atoms with Crippen molar-refractivity contribution in [2.45, 2.75) is 45.3 Å². The summed E-state index contributed by atoms with van der Waals surface area (Å²) in [4.78, 5) is 24.4. The lowest BCUT2D eigenvalue weighted by molar-refractivity contribution is -0.142. The molecule has 1 amide bonds. The molecule has 0 saturated carbocycles. The number of ether oxygens (including phenoxy) is 1. The van der Waals surface area contributed by atoms with E-state index in [1.807, 2.05) is 0 Å². The Morgan fingerprint density at radius 2 is 2.11 bits per heavy atom. The predicted molar refractivity (Wildman–Crippen MR) is 67.3 cm³/mol. The molecule has 5 heteroatoms. The van der Waals surface area contributed by atoms with Crippen molar-refractivity contribution in [2.75, 3.05) is 6.54 Å². The van der Waals surface area contributed by atoms with Crippen LogP contribution in [0.3, 0.4) is 0 Å². The zero-order chi connectivity index (χ0) is 13.9. The number of carbonyl (C=O) groups excluding carboxylic acids is 1. The van der Waals surface area contributed by atoms with Gasteiger partial charge in [0.05, 0.1) is 0 Å². The van der Waals surface area contributed by atoms with Crippen molar-refractivity contribution in [1.29, 1.82) is 0 Å². The molecule has 0 unspecified atom stereocenters. The first kappa shape index (κ1) is 14.5. The normalized spacial score (nSPS) is 23.8. The Balaban J connectivity index is 2.75. The second-order valence-electron chi connectivity index (χ2n) is 5.61. The third-order valence-electron chi connectivity index (χ3n) is 2.80. The number of nitrogens with zero attached hydrogens (tertiary/aromatic N) is 1. The van der Waals surface area contributed by atoms with Gasteiger partial charge in [-0.05, 0) is 39.5 Å². The fourth-order valence-corrected chi connectivity index (χ4v) is 2.09. The summed E-state index contributed by atoms with van der Waals surface area (Å²) in [6.45, 7) is 9.34. The van der Waals surface area contributed by atoms with Crippen molar-refractivity contribution in [1.82, 2.24) is 4.90 Å². The third kappa shape index (κ3) is 3.75. The van der Waals surface area contributed by atoms with Gasteiger partial charge in [-0.25, -0.2) is 9.59 Å². The first-order chi connectivity index (χ1) is 8.24. The number of allylic oxidation sites excluding steroid dienone is 1. The number of carboxylic acid groups (broad SMARTS) is 1. The molecule has 1 aliphatic rings. The summed E-state index contributed by atoms with van der Waals surface area (Å²) in [6.07, 6.45) is 2.37. The Kier molecular flexibility index (Phi) is 4.38. The SMILES string of the molecule is C=CC[C@H]1C[C@@H](C(=O)O)N(C(=O)OC(C)(C)C)C1. The molecule has 1 heterocycles. The molecule has 1 aliphatic heterocycles. The standard InChI is InChI=1S/C13H21NO4/c1-5-6-9-7-10(11(15)16)14(8-9)12(17)18-13(2,3)4/h5,9-10H,1,6-8H2,2-4H3,(H,15,16)/t9-,10-/m0/s1. The first-order valence-electron chi connectivity index (χ1n) is 6.08. The zero-order valence-electron chi connectivity index (χ0n) is 11.2. The van der Waals surface area contributed by atoms with Gasteiger partial charge in [-0.15, -0.1) is 6.58 Å². The number of rotatable bonds is 3. The molecule has 0 aliphatic carbocycles. The van der Waals surface area contributed by atoms with E-state index in [4.69, 9.17) is 9.84 Å². The van der Waals surface area contributed by atoms with Crippen LogP contribution in [-0.2, 0) is 9.53 Å². The van der Waals surface area contributed by atoms with Crippen LogP contribution in [0.1, 0.15) is 33.6 Å². The van der Waals surface area contributed by atoms with Crippen molar-refractivity contribution in [3.63, 3.8) is 0 Å². The molecule has 0 aromatic rings. The number of hydrogen-bond donors (Lipinski definition) is 1. The minimum atomic E-state index is -0.979. The van der Waals surface area contributed by atoms with E-state index >= 15 is 0 Å². The Morgan fingerprint density at radius 3 is 2.56 bits per heavy atom.